The van der Waals surface area contributed by atoms with Crippen LogP contribution in [0.15, 0.2) is 42.5 Å². The Hall–Kier alpha value is -1.63. The summed E-state index contributed by atoms with van der Waals surface area (Å²) in [7, 11) is 0. The monoisotopic (exact) mass is 198 g/mol. The van der Waals surface area contributed by atoms with Crippen LogP contribution in [0.25, 0.3) is 10.8 Å². The predicted octanol–water partition coefficient (Wildman–Crippen LogP) is 3.36. The van der Waals surface area contributed by atoms with Crippen LogP contribution >= 0.6 is 0 Å². The van der Waals surface area contributed by atoms with Crippen LogP contribution in [0.1, 0.15) is 18.9 Å². The summed E-state index contributed by atoms with van der Waals surface area (Å²) in [6, 6.07) is 14.4. The van der Waals surface area contributed by atoms with Crippen LogP contribution in [-0.4, -0.2) is 5.78 Å². The SMILES string of the molecule is CCC(=O)Cc1ccc2ccccc2c1. The number of ketones is 1. The summed E-state index contributed by atoms with van der Waals surface area (Å²) in [4.78, 5) is 11.3. The smallest absolute Gasteiger partial charge is 0.136 e. The molecule has 1 heteroatoms. The Morgan fingerprint density at radius 2 is 1.80 bits per heavy atom. The molecule has 76 valence electrons. The summed E-state index contributed by atoms with van der Waals surface area (Å²) >= 11 is 0. The normalized spacial score (nSPS) is 10.5. The van der Waals surface area contributed by atoms with Gasteiger partial charge in [-0.1, -0.05) is 49.4 Å². The molecule has 0 spiro atoms. The summed E-state index contributed by atoms with van der Waals surface area (Å²) in [5.74, 6) is 0.297. The molecule has 0 heterocycles. The van der Waals surface area contributed by atoms with E-state index in [1.807, 2.05) is 25.1 Å². The third-order valence-electron chi connectivity index (χ3n) is 2.61. The van der Waals surface area contributed by atoms with E-state index in [0.29, 0.717) is 18.6 Å². The van der Waals surface area contributed by atoms with Crippen molar-refractivity contribution in [2.24, 2.45) is 0 Å². The molecule has 0 aromatic heterocycles. The minimum Gasteiger partial charge on any atom is -0.299 e. The van der Waals surface area contributed by atoms with Crippen molar-refractivity contribution in [1.82, 2.24) is 0 Å². The van der Waals surface area contributed by atoms with Gasteiger partial charge >= 0.3 is 0 Å². The van der Waals surface area contributed by atoms with Crippen LogP contribution in [0.3, 0.4) is 0 Å². The number of benzene rings is 2. The molecule has 0 bridgehead atoms. The second kappa shape index (κ2) is 4.26. The van der Waals surface area contributed by atoms with Crippen molar-refractivity contribution >= 4 is 16.6 Å². The fraction of sp³-hybridized carbons (Fsp3) is 0.214. The van der Waals surface area contributed by atoms with E-state index in [2.05, 4.69) is 24.3 Å². The Balaban J connectivity index is 2.34. The maximum atomic E-state index is 11.3. The molecule has 0 fully saturated rings. The van der Waals surface area contributed by atoms with Crippen LogP contribution in [-0.2, 0) is 11.2 Å². The standard InChI is InChI=1S/C14H14O/c1-2-14(15)10-11-7-8-12-5-3-4-6-13(12)9-11/h3-9H,2,10H2,1H3. The van der Waals surface area contributed by atoms with E-state index in [-0.39, 0.29) is 0 Å². The van der Waals surface area contributed by atoms with Crippen molar-refractivity contribution in [3.63, 3.8) is 0 Å². The van der Waals surface area contributed by atoms with Crippen LogP contribution in [0.4, 0.5) is 0 Å². The number of hydrogen-bond donors (Lipinski definition) is 0. The first-order chi connectivity index (χ1) is 7.29. The van der Waals surface area contributed by atoms with Gasteiger partial charge in [-0.2, -0.15) is 0 Å². The van der Waals surface area contributed by atoms with Gasteiger partial charge in [0.05, 0.1) is 0 Å². The van der Waals surface area contributed by atoms with Gasteiger partial charge in [0.1, 0.15) is 5.78 Å². The highest BCUT2D eigenvalue weighted by molar-refractivity contribution is 5.85. The van der Waals surface area contributed by atoms with Gasteiger partial charge < -0.3 is 0 Å². The van der Waals surface area contributed by atoms with Crippen LogP contribution in [0.5, 0.6) is 0 Å². The molecular formula is C14H14O. The van der Waals surface area contributed by atoms with E-state index >= 15 is 0 Å². The molecule has 0 amide bonds. The minimum absolute atomic E-state index is 0.297. The van der Waals surface area contributed by atoms with Crippen molar-refractivity contribution in [2.45, 2.75) is 19.8 Å². The van der Waals surface area contributed by atoms with Crippen molar-refractivity contribution < 1.29 is 4.79 Å². The van der Waals surface area contributed by atoms with Gasteiger partial charge in [-0.15, -0.1) is 0 Å². The first kappa shape index (κ1) is 9.91. The molecule has 0 aliphatic heterocycles. The fourth-order valence-electron chi connectivity index (χ4n) is 1.70. The van der Waals surface area contributed by atoms with Gasteiger partial charge in [0.15, 0.2) is 0 Å². The Bertz CT molecular complexity index is 485. The zero-order valence-electron chi connectivity index (χ0n) is 8.86. The first-order valence-electron chi connectivity index (χ1n) is 5.29. The van der Waals surface area contributed by atoms with Crippen LogP contribution < -0.4 is 0 Å². The van der Waals surface area contributed by atoms with Gasteiger partial charge in [0.25, 0.3) is 0 Å². The molecule has 15 heavy (non-hydrogen) atoms. The fourth-order valence-corrected chi connectivity index (χ4v) is 1.70. The largest absolute Gasteiger partial charge is 0.299 e. The predicted molar refractivity (Wildman–Crippen MR) is 63.0 cm³/mol. The van der Waals surface area contributed by atoms with Crippen molar-refractivity contribution in [3.8, 4) is 0 Å². The Morgan fingerprint density at radius 1 is 1.07 bits per heavy atom. The topological polar surface area (TPSA) is 17.1 Å². The number of carbonyl (C=O) groups is 1. The third-order valence-corrected chi connectivity index (χ3v) is 2.61. The highest BCUT2D eigenvalue weighted by Crippen LogP contribution is 2.16. The summed E-state index contributed by atoms with van der Waals surface area (Å²) in [6.07, 6.45) is 1.17. The quantitative estimate of drug-likeness (QED) is 0.739. The maximum Gasteiger partial charge on any atom is 0.136 e. The van der Waals surface area contributed by atoms with Gasteiger partial charge in [-0.25, -0.2) is 0 Å². The van der Waals surface area contributed by atoms with Crippen LogP contribution in [0, 0.1) is 0 Å². The number of carbonyl (C=O) groups excluding carboxylic acids is 1. The minimum atomic E-state index is 0.297. The Morgan fingerprint density at radius 3 is 2.53 bits per heavy atom. The lowest BCUT2D eigenvalue weighted by atomic mass is 10.0. The molecule has 0 N–H and O–H groups in total. The van der Waals surface area contributed by atoms with Gasteiger partial charge in [-0.3, -0.25) is 4.79 Å². The van der Waals surface area contributed by atoms with E-state index in [4.69, 9.17) is 0 Å². The lowest BCUT2D eigenvalue weighted by molar-refractivity contribution is -0.118. The number of Topliss-reactive ketones (excluding diaryl/α,β-unsaturated/α-hetero) is 1. The summed E-state index contributed by atoms with van der Waals surface area (Å²) in [5, 5.41) is 2.43. The highest BCUT2D eigenvalue weighted by Gasteiger charge is 2.01. The van der Waals surface area contributed by atoms with Gasteiger partial charge in [0, 0.05) is 12.8 Å². The molecular weight excluding hydrogens is 184 g/mol. The molecule has 2 aromatic carbocycles. The van der Waals surface area contributed by atoms with Crippen molar-refractivity contribution in [1.29, 1.82) is 0 Å². The lowest BCUT2D eigenvalue weighted by Gasteiger charge is -2.02. The van der Waals surface area contributed by atoms with Crippen molar-refractivity contribution in [2.75, 3.05) is 0 Å². The summed E-state index contributed by atoms with van der Waals surface area (Å²) in [5.41, 5.74) is 1.11. The molecule has 0 aliphatic rings. The molecule has 0 atom stereocenters. The molecule has 0 aliphatic carbocycles. The molecule has 2 aromatic rings. The van der Waals surface area contributed by atoms with E-state index in [9.17, 15) is 4.79 Å². The first-order valence-corrected chi connectivity index (χ1v) is 5.29. The Labute approximate surface area is 89.7 Å². The van der Waals surface area contributed by atoms with E-state index < -0.39 is 0 Å². The Kier molecular flexibility index (Phi) is 2.82. The van der Waals surface area contributed by atoms with E-state index in [1.54, 1.807) is 0 Å². The maximum absolute atomic E-state index is 11.3. The number of fused-ring (bicyclic) bond motifs is 1. The zero-order chi connectivity index (χ0) is 10.7. The number of hydrogen-bond acceptors (Lipinski definition) is 1. The molecule has 1 nitrogen and oxygen atoms in total. The van der Waals surface area contributed by atoms with E-state index in [0.717, 1.165) is 5.56 Å². The van der Waals surface area contributed by atoms with Gasteiger partial charge in [-0.05, 0) is 16.3 Å². The molecule has 2 rings (SSSR count). The molecule has 0 saturated carbocycles. The van der Waals surface area contributed by atoms with E-state index in [1.165, 1.54) is 10.8 Å². The third kappa shape index (κ3) is 2.24. The zero-order valence-corrected chi connectivity index (χ0v) is 8.86. The second-order valence-corrected chi connectivity index (χ2v) is 3.75. The molecule has 0 unspecified atom stereocenters. The summed E-state index contributed by atoms with van der Waals surface area (Å²) in [6.45, 7) is 1.91. The average molecular weight is 198 g/mol. The second-order valence-electron chi connectivity index (χ2n) is 3.75. The summed E-state index contributed by atoms with van der Waals surface area (Å²) < 4.78 is 0. The lowest BCUT2D eigenvalue weighted by Crippen LogP contribution is -1.99. The van der Waals surface area contributed by atoms with Crippen molar-refractivity contribution in [3.05, 3.63) is 48.0 Å². The number of rotatable bonds is 3. The van der Waals surface area contributed by atoms with Crippen LogP contribution in [0.2, 0.25) is 0 Å². The average Bonchev–Trinajstić information content (AvgIpc) is 2.29. The molecule has 0 radical (unpaired) electrons. The van der Waals surface area contributed by atoms with Gasteiger partial charge in [0.2, 0.25) is 0 Å². The highest BCUT2D eigenvalue weighted by atomic mass is 16.1. The molecule has 0 saturated heterocycles.